The molecule has 2 aliphatic rings. The predicted molar refractivity (Wildman–Crippen MR) is 81.8 cm³/mol. The molecule has 3 nitrogen and oxygen atoms in total. The molecular weight excluding hydrogens is 248 g/mol. The third-order valence-electron chi connectivity index (χ3n) is 4.84. The molecule has 2 N–H and O–H groups in total. The van der Waals surface area contributed by atoms with Crippen LogP contribution < -0.4 is 10.6 Å². The van der Waals surface area contributed by atoms with E-state index in [1.54, 1.807) is 0 Å². The van der Waals surface area contributed by atoms with Crippen LogP contribution in [0.4, 0.5) is 5.69 Å². The first-order chi connectivity index (χ1) is 9.66. The Labute approximate surface area is 121 Å². The van der Waals surface area contributed by atoms with E-state index < -0.39 is 0 Å². The molecule has 0 saturated heterocycles. The minimum Gasteiger partial charge on any atom is -0.373 e. The molecule has 1 aromatic carbocycles. The molecule has 0 spiro atoms. The van der Waals surface area contributed by atoms with E-state index in [0.717, 1.165) is 18.7 Å². The second-order valence-corrected chi connectivity index (χ2v) is 6.65. The van der Waals surface area contributed by atoms with Crippen molar-refractivity contribution in [2.75, 3.05) is 11.9 Å². The fourth-order valence-electron chi connectivity index (χ4n) is 3.46. The van der Waals surface area contributed by atoms with Crippen LogP contribution in [0.25, 0.3) is 0 Å². The summed E-state index contributed by atoms with van der Waals surface area (Å²) < 4.78 is 0. The van der Waals surface area contributed by atoms with E-state index >= 15 is 0 Å². The molecule has 1 atom stereocenters. The highest BCUT2D eigenvalue weighted by Crippen LogP contribution is 2.35. The summed E-state index contributed by atoms with van der Waals surface area (Å²) >= 11 is 0. The van der Waals surface area contributed by atoms with Crippen LogP contribution in [0, 0.1) is 5.41 Å². The summed E-state index contributed by atoms with van der Waals surface area (Å²) in [7, 11) is 0. The van der Waals surface area contributed by atoms with Crippen molar-refractivity contribution < 1.29 is 4.79 Å². The molecule has 1 amide bonds. The van der Waals surface area contributed by atoms with Gasteiger partial charge in [-0.25, -0.2) is 0 Å². The third-order valence-corrected chi connectivity index (χ3v) is 4.84. The fourth-order valence-corrected chi connectivity index (χ4v) is 3.46. The zero-order chi connectivity index (χ0) is 14.0. The fraction of sp³-hybridized carbons (Fsp3) is 0.588. The summed E-state index contributed by atoms with van der Waals surface area (Å²) in [4.78, 5) is 12.3. The van der Waals surface area contributed by atoms with Gasteiger partial charge in [-0.15, -0.1) is 0 Å². The van der Waals surface area contributed by atoms with Gasteiger partial charge in [-0.2, -0.15) is 0 Å². The molecule has 0 bridgehead atoms. The van der Waals surface area contributed by atoms with Gasteiger partial charge in [0, 0.05) is 18.7 Å². The Balaban J connectivity index is 1.53. The molecule has 108 valence electrons. The third kappa shape index (κ3) is 2.82. The zero-order valence-electron chi connectivity index (χ0n) is 12.2. The number of fused-ring (bicyclic) bond motifs is 1. The van der Waals surface area contributed by atoms with Gasteiger partial charge in [0.1, 0.15) is 6.04 Å². The first-order valence-electron chi connectivity index (χ1n) is 7.78. The Hall–Kier alpha value is -1.51. The number of anilines is 1. The lowest BCUT2D eigenvalue weighted by atomic mass is 9.76. The number of amides is 1. The SMILES string of the molecule is CC1(CNC(=O)C2Cc3ccccc3N2)CCCCC1. The maximum absolute atomic E-state index is 12.3. The number of hydrogen-bond donors (Lipinski definition) is 2. The van der Waals surface area contributed by atoms with E-state index in [4.69, 9.17) is 0 Å². The lowest BCUT2D eigenvalue weighted by molar-refractivity contribution is -0.122. The van der Waals surface area contributed by atoms with Gasteiger partial charge in [0.25, 0.3) is 0 Å². The summed E-state index contributed by atoms with van der Waals surface area (Å²) in [5, 5.41) is 6.49. The molecule has 1 unspecified atom stereocenters. The van der Waals surface area contributed by atoms with Gasteiger partial charge in [-0.05, 0) is 29.9 Å². The predicted octanol–water partition coefficient (Wildman–Crippen LogP) is 3.11. The Kier molecular flexibility index (Phi) is 3.68. The van der Waals surface area contributed by atoms with Gasteiger partial charge in [-0.3, -0.25) is 4.79 Å². The van der Waals surface area contributed by atoms with Crippen molar-refractivity contribution in [2.45, 2.75) is 51.5 Å². The highest BCUT2D eigenvalue weighted by molar-refractivity contribution is 5.87. The summed E-state index contributed by atoms with van der Waals surface area (Å²) in [6.07, 6.45) is 7.25. The van der Waals surface area contributed by atoms with E-state index in [-0.39, 0.29) is 11.9 Å². The van der Waals surface area contributed by atoms with Crippen molar-refractivity contribution in [3.8, 4) is 0 Å². The highest BCUT2D eigenvalue weighted by atomic mass is 16.2. The van der Waals surface area contributed by atoms with Crippen LogP contribution >= 0.6 is 0 Å². The van der Waals surface area contributed by atoms with Gasteiger partial charge >= 0.3 is 0 Å². The molecule has 1 aromatic rings. The number of rotatable bonds is 3. The van der Waals surface area contributed by atoms with Gasteiger partial charge < -0.3 is 10.6 Å². The molecule has 20 heavy (non-hydrogen) atoms. The minimum atomic E-state index is -0.0976. The second kappa shape index (κ2) is 5.47. The normalized spacial score (nSPS) is 23.8. The monoisotopic (exact) mass is 272 g/mol. The van der Waals surface area contributed by atoms with Crippen molar-refractivity contribution in [3.63, 3.8) is 0 Å². The summed E-state index contributed by atoms with van der Waals surface area (Å²) in [6, 6.07) is 8.09. The summed E-state index contributed by atoms with van der Waals surface area (Å²) in [5.41, 5.74) is 2.66. The molecule has 3 heteroatoms. The van der Waals surface area contributed by atoms with Crippen molar-refractivity contribution in [1.82, 2.24) is 5.32 Å². The highest BCUT2D eigenvalue weighted by Gasteiger charge is 2.30. The molecule has 1 fully saturated rings. The average Bonchev–Trinajstić information content (AvgIpc) is 2.89. The molecular formula is C17H24N2O. The minimum absolute atomic E-state index is 0.0976. The van der Waals surface area contributed by atoms with E-state index in [0.29, 0.717) is 5.41 Å². The quantitative estimate of drug-likeness (QED) is 0.887. The van der Waals surface area contributed by atoms with Crippen LogP contribution in [0.1, 0.15) is 44.6 Å². The topological polar surface area (TPSA) is 41.1 Å². The lowest BCUT2D eigenvalue weighted by Crippen LogP contribution is -2.43. The Morgan fingerprint density at radius 1 is 1.30 bits per heavy atom. The summed E-state index contributed by atoms with van der Waals surface area (Å²) in [6.45, 7) is 3.13. The smallest absolute Gasteiger partial charge is 0.242 e. The molecule has 1 aliphatic carbocycles. The first-order valence-corrected chi connectivity index (χ1v) is 7.78. The van der Waals surface area contributed by atoms with Crippen LogP contribution in [0.5, 0.6) is 0 Å². The van der Waals surface area contributed by atoms with Gasteiger partial charge in [0.05, 0.1) is 0 Å². The van der Waals surface area contributed by atoms with Crippen molar-refractivity contribution in [3.05, 3.63) is 29.8 Å². The maximum atomic E-state index is 12.3. The molecule has 0 radical (unpaired) electrons. The van der Waals surface area contributed by atoms with Gasteiger partial charge in [0.15, 0.2) is 0 Å². The largest absolute Gasteiger partial charge is 0.373 e. The number of hydrogen-bond acceptors (Lipinski definition) is 2. The van der Waals surface area contributed by atoms with Crippen LogP contribution in [0.2, 0.25) is 0 Å². The average molecular weight is 272 g/mol. The van der Waals surface area contributed by atoms with Crippen molar-refractivity contribution >= 4 is 11.6 Å². The van der Waals surface area contributed by atoms with Crippen molar-refractivity contribution in [1.29, 1.82) is 0 Å². The number of carbonyl (C=O) groups is 1. The van der Waals surface area contributed by atoms with Crippen LogP contribution in [0.3, 0.4) is 0 Å². The Morgan fingerprint density at radius 3 is 2.80 bits per heavy atom. The molecule has 1 aliphatic heterocycles. The standard InChI is InChI=1S/C17H24N2O/c1-17(9-5-2-6-10-17)12-18-16(20)15-11-13-7-3-4-8-14(13)19-15/h3-4,7-8,15,19H,2,5-6,9-12H2,1H3,(H,18,20). The second-order valence-electron chi connectivity index (χ2n) is 6.65. The Bertz CT molecular complexity index is 467. The van der Waals surface area contributed by atoms with E-state index in [1.807, 2.05) is 18.2 Å². The van der Waals surface area contributed by atoms with Crippen LogP contribution in [-0.2, 0) is 11.2 Å². The van der Waals surface area contributed by atoms with Crippen molar-refractivity contribution in [2.24, 2.45) is 5.41 Å². The maximum Gasteiger partial charge on any atom is 0.242 e. The number of carbonyl (C=O) groups excluding carboxylic acids is 1. The zero-order valence-corrected chi connectivity index (χ0v) is 12.2. The van der Waals surface area contributed by atoms with E-state index in [1.165, 1.54) is 37.7 Å². The molecule has 1 saturated carbocycles. The van der Waals surface area contributed by atoms with Gasteiger partial charge in [0.2, 0.25) is 5.91 Å². The molecule has 1 heterocycles. The molecule has 0 aromatic heterocycles. The van der Waals surface area contributed by atoms with E-state index in [9.17, 15) is 4.79 Å². The summed E-state index contributed by atoms with van der Waals surface area (Å²) in [5.74, 6) is 0.146. The van der Waals surface area contributed by atoms with E-state index in [2.05, 4.69) is 23.6 Å². The molecule has 3 rings (SSSR count). The van der Waals surface area contributed by atoms with Crippen LogP contribution in [0.15, 0.2) is 24.3 Å². The number of benzene rings is 1. The van der Waals surface area contributed by atoms with Gasteiger partial charge in [-0.1, -0.05) is 44.4 Å². The first kappa shape index (κ1) is 13.5. The number of para-hydroxylation sites is 1. The van der Waals surface area contributed by atoms with Crippen LogP contribution in [-0.4, -0.2) is 18.5 Å². The lowest BCUT2D eigenvalue weighted by Gasteiger charge is -2.34. The number of nitrogens with one attached hydrogen (secondary N) is 2. The Morgan fingerprint density at radius 2 is 2.05 bits per heavy atom.